The second-order valence-electron chi connectivity index (χ2n) is 7.82. The van der Waals surface area contributed by atoms with Gasteiger partial charge in [-0.15, -0.1) is 23.1 Å². The number of methoxy groups -OCH3 is 1. The molecule has 1 aliphatic rings. The molecular weight excluding hydrogens is 438 g/mol. The first-order valence-corrected chi connectivity index (χ1v) is 12.7. The van der Waals surface area contributed by atoms with Crippen molar-refractivity contribution in [2.75, 3.05) is 12.4 Å². The standard InChI is InChI=1S/C26H27NO3S2/c1-30-26(29)22-20-16-10-2-3-11-17-21(20)32-25(22)27-24(28)23(18-12-6-4-7-13-18)31-19-14-8-5-9-15-19/h4-9,12-15,23H,2-3,10-11,16-17H2,1H3,(H,27,28)/t23-/m1/s1. The Balaban J connectivity index is 1.67. The van der Waals surface area contributed by atoms with Crippen molar-refractivity contribution in [1.82, 2.24) is 0 Å². The van der Waals surface area contributed by atoms with E-state index in [0.29, 0.717) is 10.6 Å². The summed E-state index contributed by atoms with van der Waals surface area (Å²) in [5.74, 6) is -0.505. The number of amides is 1. The highest BCUT2D eigenvalue weighted by Gasteiger charge is 2.29. The summed E-state index contributed by atoms with van der Waals surface area (Å²) in [5.41, 5.74) is 2.52. The summed E-state index contributed by atoms with van der Waals surface area (Å²) in [4.78, 5) is 28.5. The minimum atomic E-state index is -0.436. The van der Waals surface area contributed by atoms with Gasteiger partial charge in [-0.05, 0) is 48.9 Å². The third kappa shape index (κ3) is 5.25. The van der Waals surface area contributed by atoms with E-state index in [0.717, 1.165) is 41.7 Å². The van der Waals surface area contributed by atoms with Crippen molar-refractivity contribution in [2.45, 2.75) is 48.7 Å². The van der Waals surface area contributed by atoms with Gasteiger partial charge in [0.15, 0.2) is 0 Å². The minimum Gasteiger partial charge on any atom is -0.465 e. The monoisotopic (exact) mass is 465 g/mol. The van der Waals surface area contributed by atoms with Crippen molar-refractivity contribution >= 4 is 40.0 Å². The van der Waals surface area contributed by atoms with Gasteiger partial charge in [0.25, 0.3) is 0 Å². The number of rotatable bonds is 6. The Morgan fingerprint density at radius 1 is 0.938 bits per heavy atom. The number of hydrogen-bond acceptors (Lipinski definition) is 5. The molecule has 166 valence electrons. The first-order valence-electron chi connectivity index (χ1n) is 11.0. The Morgan fingerprint density at radius 2 is 1.59 bits per heavy atom. The number of carbonyl (C=O) groups excluding carboxylic acids is 2. The van der Waals surface area contributed by atoms with E-state index >= 15 is 0 Å². The lowest BCUT2D eigenvalue weighted by Crippen LogP contribution is -2.20. The molecule has 2 aromatic carbocycles. The van der Waals surface area contributed by atoms with E-state index < -0.39 is 5.25 Å². The highest BCUT2D eigenvalue weighted by Crippen LogP contribution is 2.40. The largest absolute Gasteiger partial charge is 0.465 e. The maximum Gasteiger partial charge on any atom is 0.341 e. The molecule has 0 unspecified atom stereocenters. The van der Waals surface area contributed by atoms with Crippen LogP contribution in [0.4, 0.5) is 5.00 Å². The molecule has 3 aromatic rings. The van der Waals surface area contributed by atoms with Crippen LogP contribution in [-0.2, 0) is 22.4 Å². The Labute approximate surface area is 197 Å². The zero-order chi connectivity index (χ0) is 22.3. The van der Waals surface area contributed by atoms with Gasteiger partial charge >= 0.3 is 5.97 Å². The molecule has 0 aliphatic heterocycles. The first-order chi connectivity index (χ1) is 15.7. The lowest BCUT2D eigenvalue weighted by molar-refractivity contribution is -0.115. The van der Waals surface area contributed by atoms with Crippen LogP contribution in [0.2, 0.25) is 0 Å². The zero-order valence-electron chi connectivity index (χ0n) is 18.1. The molecule has 1 N–H and O–H groups in total. The number of carbonyl (C=O) groups is 2. The summed E-state index contributed by atoms with van der Waals surface area (Å²) >= 11 is 3.04. The number of fused-ring (bicyclic) bond motifs is 1. The summed E-state index contributed by atoms with van der Waals surface area (Å²) in [7, 11) is 1.40. The molecule has 0 fully saturated rings. The van der Waals surface area contributed by atoms with Gasteiger partial charge in [0.1, 0.15) is 10.3 Å². The average Bonchev–Trinajstić information content (AvgIpc) is 3.13. The van der Waals surface area contributed by atoms with Crippen molar-refractivity contribution in [2.24, 2.45) is 0 Å². The molecule has 4 nitrogen and oxygen atoms in total. The SMILES string of the molecule is COC(=O)c1c(NC(=O)[C@H](Sc2ccccc2)c2ccccc2)sc2c1CCCCCC2. The molecule has 6 heteroatoms. The van der Waals surface area contributed by atoms with Crippen LogP contribution < -0.4 is 5.32 Å². The van der Waals surface area contributed by atoms with Crippen LogP contribution >= 0.6 is 23.1 Å². The van der Waals surface area contributed by atoms with E-state index in [1.807, 2.05) is 60.7 Å². The predicted molar refractivity (Wildman–Crippen MR) is 132 cm³/mol. The molecule has 1 aliphatic carbocycles. The average molecular weight is 466 g/mol. The van der Waals surface area contributed by atoms with Gasteiger partial charge in [-0.2, -0.15) is 0 Å². The van der Waals surface area contributed by atoms with E-state index in [-0.39, 0.29) is 11.9 Å². The van der Waals surface area contributed by atoms with E-state index in [9.17, 15) is 9.59 Å². The highest BCUT2D eigenvalue weighted by molar-refractivity contribution is 8.00. The van der Waals surface area contributed by atoms with Crippen molar-refractivity contribution in [3.8, 4) is 0 Å². The third-order valence-corrected chi connectivity index (χ3v) is 8.11. The molecule has 1 heterocycles. The molecule has 0 radical (unpaired) electrons. The van der Waals surface area contributed by atoms with E-state index in [4.69, 9.17) is 4.74 Å². The first kappa shape index (κ1) is 22.6. The van der Waals surface area contributed by atoms with Crippen LogP contribution in [0.5, 0.6) is 0 Å². The summed E-state index contributed by atoms with van der Waals surface area (Å²) < 4.78 is 5.11. The molecule has 1 aromatic heterocycles. The third-order valence-electron chi connectivity index (χ3n) is 5.64. The van der Waals surface area contributed by atoms with Gasteiger partial charge in [-0.3, -0.25) is 4.79 Å². The smallest absolute Gasteiger partial charge is 0.341 e. The van der Waals surface area contributed by atoms with Crippen LogP contribution in [0.25, 0.3) is 0 Å². The molecule has 1 amide bonds. The van der Waals surface area contributed by atoms with Crippen molar-refractivity contribution in [3.05, 3.63) is 82.2 Å². The summed E-state index contributed by atoms with van der Waals surface area (Å²) in [5, 5.41) is 3.28. The Bertz CT molecular complexity index is 1060. The maximum atomic E-state index is 13.6. The van der Waals surface area contributed by atoms with Gasteiger partial charge in [-0.25, -0.2) is 4.79 Å². The van der Waals surface area contributed by atoms with Crippen molar-refractivity contribution in [1.29, 1.82) is 0 Å². The fraction of sp³-hybridized carbons (Fsp3) is 0.308. The maximum absolute atomic E-state index is 13.6. The Hall–Kier alpha value is -2.57. The number of nitrogens with one attached hydrogen (secondary N) is 1. The van der Waals surface area contributed by atoms with E-state index in [2.05, 4.69) is 5.32 Å². The van der Waals surface area contributed by atoms with Crippen LogP contribution in [0.3, 0.4) is 0 Å². The highest BCUT2D eigenvalue weighted by atomic mass is 32.2. The lowest BCUT2D eigenvalue weighted by Gasteiger charge is -2.17. The van der Waals surface area contributed by atoms with Crippen LogP contribution in [-0.4, -0.2) is 19.0 Å². The molecule has 0 saturated carbocycles. The van der Waals surface area contributed by atoms with E-state index in [1.165, 1.54) is 47.9 Å². The number of thioether (sulfide) groups is 1. The summed E-state index contributed by atoms with van der Waals surface area (Å²) in [6.07, 6.45) is 6.33. The molecule has 1 atom stereocenters. The van der Waals surface area contributed by atoms with E-state index in [1.54, 1.807) is 0 Å². The number of hydrogen-bond donors (Lipinski definition) is 1. The minimum absolute atomic E-state index is 0.135. The number of anilines is 1. The lowest BCUT2D eigenvalue weighted by atomic mass is 9.96. The van der Waals surface area contributed by atoms with Gasteiger partial charge in [0, 0.05) is 9.77 Å². The Morgan fingerprint density at radius 3 is 2.28 bits per heavy atom. The Kier molecular flexibility index (Phi) is 7.66. The van der Waals surface area contributed by atoms with Crippen LogP contribution in [0.1, 0.15) is 57.3 Å². The molecular formula is C26H27NO3S2. The summed E-state index contributed by atoms with van der Waals surface area (Å²) in [6, 6.07) is 19.7. The van der Waals surface area contributed by atoms with Crippen LogP contribution in [0.15, 0.2) is 65.6 Å². The zero-order valence-corrected chi connectivity index (χ0v) is 19.8. The van der Waals surface area contributed by atoms with Crippen molar-refractivity contribution in [3.63, 3.8) is 0 Å². The van der Waals surface area contributed by atoms with Gasteiger partial charge in [-0.1, -0.05) is 61.4 Å². The normalized spacial score (nSPS) is 14.5. The van der Waals surface area contributed by atoms with Gasteiger partial charge < -0.3 is 10.1 Å². The topological polar surface area (TPSA) is 55.4 Å². The quantitative estimate of drug-likeness (QED) is 0.326. The molecule has 0 saturated heterocycles. The second-order valence-corrected chi connectivity index (χ2v) is 10.1. The summed E-state index contributed by atoms with van der Waals surface area (Å²) in [6.45, 7) is 0. The molecule has 0 bridgehead atoms. The fourth-order valence-electron chi connectivity index (χ4n) is 4.04. The number of thiophene rings is 1. The van der Waals surface area contributed by atoms with Gasteiger partial charge in [0.05, 0.1) is 12.7 Å². The number of esters is 1. The van der Waals surface area contributed by atoms with Crippen molar-refractivity contribution < 1.29 is 14.3 Å². The number of aryl methyl sites for hydroxylation is 1. The number of ether oxygens (including phenoxy) is 1. The number of benzene rings is 2. The molecule has 32 heavy (non-hydrogen) atoms. The van der Waals surface area contributed by atoms with Crippen LogP contribution in [0, 0.1) is 0 Å². The van der Waals surface area contributed by atoms with Gasteiger partial charge in [0.2, 0.25) is 5.91 Å². The molecule has 0 spiro atoms. The fourth-order valence-corrected chi connectivity index (χ4v) is 6.36. The predicted octanol–water partition coefficient (Wildman–Crippen LogP) is 6.67. The second kappa shape index (κ2) is 10.8. The molecule has 4 rings (SSSR count).